The molecule has 1 aromatic rings. The van der Waals surface area contributed by atoms with E-state index in [0.717, 1.165) is 17.3 Å². The molecule has 0 fully saturated rings. The van der Waals surface area contributed by atoms with E-state index in [-0.39, 0.29) is 0 Å². The smallest absolute Gasteiger partial charge is 0.0638 e. The molecule has 0 radical (unpaired) electrons. The summed E-state index contributed by atoms with van der Waals surface area (Å²) in [6, 6.07) is 5.88. The summed E-state index contributed by atoms with van der Waals surface area (Å²) in [5, 5.41) is 3.94. The Morgan fingerprint density at radius 1 is 1.54 bits per heavy atom. The molecule has 0 spiro atoms. The van der Waals surface area contributed by atoms with Crippen molar-refractivity contribution in [1.82, 2.24) is 0 Å². The summed E-state index contributed by atoms with van der Waals surface area (Å²) in [5.41, 5.74) is 0.964. The minimum Gasteiger partial charge on any atom is -0.383 e. The lowest BCUT2D eigenvalue weighted by Crippen LogP contribution is -2.07. The average Bonchev–Trinajstić information content (AvgIpc) is 2.11. The Morgan fingerprint density at radius 3 is 3.00 bits per heavy atom. The molecular formula is C9H11ClINO. The number of anilines is 1. The summed E-state index contributed by atoms with van der Waals surface area (Å²) in [5.74, 6) is 0. The number of ether oxygens (including phenoxy) is 1. The highest BCUT2D eigenvalue weighted by atomic mass is 127. The molecule has 0 saturated carbocycles. The van der Waals surface area contributed by atoms with Gasteiger partial charge in [0.15, 0.2) is 0 Å². The fourth-order valence-electron chi connectivity index (χ4n) is 0.921. The summed E-state index contributed by atoms with van der Waals surface area (Å²) in [4.78, 5) is 0. The number of nitrogens with one attached hydrogen (secondary N) is 1. The molecule has 0 bridgehead atoms. The first kappa shape index (κ1) is 11.1. The Labute approximate surface area is 96.8 Å². The van der Waals surface area contributed by atoms with E-state index in [4.69, 9.17) is 16.3 Å². The van der Waals surface area contributed by atoms with Gasteiger partial charge in [-0.05, 0) is 40.8 Å². The largest absolute Gasteiger partial charge is 0.383 e. The summed E-state index contributed by atoms with van der Waals surface area (Å²) in [7, 11) is 1.68. The third-order valence-electron chi connectivity index (χ3n) is 1.55. The molecule has 0 aliphatic carbocycles. The van der Waals surface area contributed by atoms with Gasteiger partial charge in [-0.25, -0.2) is 0 Å². The fraction of sp³-hybridized carbons (Fsp3) is 0.333. The monoisotopic (exact) mass is 311 g/mol. The first-order valence-electron chi connectivity index (χ1n) is 3.92. The molecule has 4 heteroatoms. The molecule has 0 aromatic heterocycles. The van der Waals surface area contributed by atoms with Gasteiger partial charge >= 0.3 is 0 Å². The van der Waals surface area contributed by atoms with Crippen molar-refractivity contribution in [3.8, 4) is 0 Å². The molecule has 0 amide bonds. The van der Waals surface area contributed by atoms with Crippen molar-refractivity contribution in [2.75, 3.05) is 25.6 Å². The van der Waals surface area contributed by atoms with Crippen LogP contribution in [0, 0.1) is 3.57 Å². The molecule has 0 heterocycles. The summed E-state index contributed by atoms with van der Waals surface area (Å²) < 4.78 is 6.09. The summed E-state index contributed by atoms with van der Waals surface area (Å²) in [6.45, 7) is 1.46. The third kappa shape index (κ3) is 3.70. The molecule has 0 saturated heterocycles. The van der Waals surface area contributed by atoms with Crippen LogP contribution in [0.25, 0.3) is 0 Å². The maximum Gasteiger partial charge on any atom is 0.0638 e. The van der Waals surface area contributed by atoms with E-state index in [9.17, 15) is 0 Å². The van der Waals surface area contributed by atoms with Crippen LogP contribution >= 0.6 is 34.2 Å². The van der Waals surface area contributed by atoms with Crippen LogP contribution in [0.1, 0.15) is 0 Å². The molecule has 0 aliphatic heterocycles. The Hall–Kier alpha value is -0.0000000000000000555. The highest BCUT2D eigenvalue weighted by molar-refractivity contribution is 14.1. The van der Waals surface area contributed by atoms with Gasteiger partial charge < -0.3 is 10.1 Å². The molecule has 1 aromatic carbocycles. The summed E-state index contributed by atoms with van der Waals surface area (Å²) in [6.07, 6.45) is 0. The van der Waals surface area contributed by atoms with Crippen molar-refractivity contribution < 1.29 is 4.74 Å². The van der Waals surface area contributed by atoms with E-state index in [2.05, 4.69) is 27.9 Å². The second-order valence-electron chi connectivity index (χ2n) is 2.54. The van der Waals surface area contributed by atoms with Crippen LogP contribution in [-0.2, 0) is 4.74 Å². The predicted octanol–water partition coefficient (Wildman–Crippen LogP) is 3.00. The van der Waals surface area contributed by atoms with Crippen LogP contribution in [0.2, 0.25) is 5.02 Å². The van der Waals surface area contributed by atoms with Gasteiger partial charge in [0.05, 0.1) is 17.3 Å². The second kappa shape index (κ2) is 5.67. The highest BCUT2D eigenvalue weighted by Gasteiger charge is 1.99. The van der Waals surface area contributed by atoms with Crippen molar-refractivity contribution in [2.24, 2.45) is 0 Å². The van der Waals surface area contributed by atoms with Crippen molar-refractivity contribution in [3.63, 3.8) is 0 Å². The molecule has 0 atom stereocenters. The van der Waals surface area contributed by atoms with Crippen LogP contribution in [0.5, 0.6) is 0 Å². The third-order valence-corrected chi connectivity index (χ3v) is 2.55. The van der Waals surface area contributed by atoms with E-state index in [1.54, 1.807) is 7.11 Å². The van der Waals surface area contributed by atoms with E-state index in [0.29, 0.717) is 6.61 Å². The Morgan fingerprint density at radius 2 is 2.31 bits per heavy atom. The lowest BCUT2D eigenvalue weighted by atomic mass is 10.3. The van der Waals surface area contributed by atoms with Gasteiger partial charge in [0.1, 0.15) is 0 Å². The molecule has 0 unspecified atom stereocenters. The van der Waals surface area contributed by atoms with E-state index in [1.165, 1.54) is 3.57 Å². The molecule has 72 valence electrons. The van der Waals surface area contributed by atoms with Crippen LogP contribution in [0.15, 0.2) is 18.2 Å². The maximum absolute atomic E-state index is 5.97. The zero-order valence-electron chi connectivity index (χ0n) is 7.31. The van der Waals surface area contributed by atoms with Crippen LogP contribution < -0.4 is 5.32 Å². The lowest BCUT2D eigenvalue weighted by Gasteiger charge is -2.07. The molecule has 13 heavy (non-hydrogen) atoms. The van der Waals surface area contributed by atoms with E-state index in [1.807, 2.05) is 18.2 Å². The summed E-state index contributed by atoms with van der Waals surface area (Å²) >= 11 is 8.22. The zero-order valence-corrected chi connectivity index (χ0v) is 10.2. The maximum atomic E-state index is 5.97. The minimum atomic E-state index is 0.682. The number of benzene rings is 1. The number of halogens is 2. The number of hydrogen-bond donors (Lipinski definition) is 1. The Kier molecular flexibility index (Phi) is 4.83. The van der Waals surface area contributed by atoms with Crippen molar-refractivity contribution in [1.29, 1.82) is 0 Å². The first-order chi connectivity index (χ1) is 6.24. The van der Waals surface area contributed by atoms with Crippen LogP contribution in [0.3, 0.4) is 0 Å². The second-order valence-corrected chi connectivity index (χ2v) is 4.20. The zero-order chi connectivity index (χ0) is 9.68. The Bertz CT molecular complexity index is 280. The SMILES string of the molecule is COCCNc1cc(I)ccc1Cl. The number of hydrogen-bond acceptors (Lipinski definition) is 2. The lowest BCUT2D eigenvalue weighted by molar-refractivity contribution is 0.211. The van der Waals surface area contributed by atoms with Gasteiger partial charge in [-0.3, -0.25) is 0 Å². The minimum absolute atomic E-state index is 0.682. The first-order valence-corrected chi connectivity index (χ1v) is 5.37. The van der Waals surface area contributed by atoms with Crippen LogP contribution in [-0.4, -0.2) is 20.3 Å². The fourth-order valence-corrected chi connectivity index (χ4v) is 1.60. The predicted molar refractivity (Wildman–Crippen MR) is 64.5 cm³/mol. The molecule has 1 rings (SSSR count). The number of rotatable bonds is 4. The highest BCUT2D eigenvalue weighted by Crippen LogP contribution is 2.23. The Balaban J connectivity index is 2.59. The standard InChI is InChI=1S/C9H11ClINO/c1-13-5-4-12-9-6-7(11)2-3-8(9)10/h2-3,6,12H,4-5H2,1H3. The van der Waals surface area contributed by atoms with Crippen molar-refractivity contribution in [2.45, 2.75) is 0 Å². The number of methoxy groups -OCH3 is 1. The van der Waals surface area contributed by atoms with Crippen molar-refractivity contribution >= 4 is 39.9 Å². The molecule has 2 nitrogen and oxygen atoms in total. The van der Waals surface area contributed by atoms with Gasteiger partial charge in [-0.2, -0.15) is 0 Å². The van der Waals surface area contributed by atoms with Gasteiger partial charge in [-0.15, -0.1) is 0 Å². The molecule has 0 aliphatic rings. The molecular weight excluding hydrogens is 300 g/mol. The van der Waals surface area contributed by atoms with Crippen molar-refractivity contribution in [3.05, 3.63) is 26.8 Å². The normalized spacial score (nSPS) is 10.1. The van der Waals surface area contributed by atoms with Gasteiger partial charge in [0.25, 0.3) is 0 Å². The van der Waals surface area contributed by atoms with E-state index >= 15 is 0 Å². The van der Waals surface area contributed by atoms with Crippen LogP contribution in [0.4, 0.5) is 5.69 Å². The van der Waals surface area contributed by atoms with Gasteiger partial charge in [0, 0.05) is 17.2 Å². The quantitative estimate of drug-likeness (QED) is 0.682. The van der Waals surface area contributed by atoms with E-state index < -0.39 is 0 Å². The van der Waals surface area contributed by atoms with Gasteiger partial charge in [-0.1, -0.05) is 11.6 Å². The van der Waals surface area contributed by atoms with Gasteiger partial charge in [0.2, 0.25) is 0 Å². The topological polar surface area (TPSA) is 21.3 Å². The molecule has 1 N–H and O–H groups in total. The average molecular weight is 312 g/mol.